The zero-order valence-corrected chi connectivity index (χ0v) is 32.7. The molecule has 0 heterocycles. The lowest BCUT2D eigenvalue weighted by Crippen LogP contribution is -2.47. The number of unbranched alkanes of at least 4 members (excludes halogenated alkanes) is 28. The molecule has 0 aromatic heterocycles. The standard InChI is InChI=1S/C41H81NO5S/c1-3-5-7-9-11-13-15-16-17-18-19-20-21-22-23-24-25-26-27-29-31-33-35-37-41(44)42-39(38-48(45,46)47)40(43)36-34-32-30-28-14-12-10-8-6-4-2/h18-19,39-40,43H,3-17,20-38H2,1-2H3,(H,42,44)(H,45,46,47)/b19-18-. The van der Waals surface area contributed by atoms with Crippen LogP contribution < -0.4 is 5.32 Å². The van der Waals surface area contributed by atoms with Crippen LogP contribution in [0.5, 0.6) is 0 Å². The average molecular weight is 700 g/mol. The van der Waals surface area contributed by atoms with E-state index in [2.05, 4.69) is 31.3 Å². The molecule has 0 saturated heterocycles. The largest absolute Gasteiger partial charge is 0.391 e. The van der Waals surface area contributed by atoms with Gasteiger partial charge in [-0.3, -0.25) is 9.35 Å². The number of aliphatic hydroxyl groups excluding tert-OH is 1. The van der Waals surface area contributed by atoms with Crippen LogP contribution in [0.2, 0.25) is 0 Å². The second-order valence-electron chi connectivity index (χ2n) is 14.6. The summed E-state index contributed by atoms with van der Waals surface area (Å²) in [5, 5.41) is 13.3. The van der Waals surface area contributed by atoms with Crippen molar-refractivity contribution in [3.8, 4) is 0 Å². The first kappa shape index (κ1) is 47.1. The molecule has 3 N–H and O–H groups in total. The Kier molecular flexibility index (Phi) is 35.2. The summed E-state index contributed by atoms with van der Waals surface area (Å²) in [5.74, 6) is -0.890. The van der Waals surface area contributed by atoms with Gasteiger partial charge in [0.05, 0.1) is 17.9 Å². The van der Waals surface area contributed by atoms with Crippen LogP contribution in [-0.2, 0) is 14.9 Å². The van der Waals surface area contributed by atoms with Gasteiger partial charge in [-0.15, -0.1) is 0 Å². The number of allylic oxidation sites excluding steroid dienone is 2. The molecule has 0 saturated carbocycles. The van der Waals surface area contributed by atoms with Gasteiger partial charge in [0.1, 0.15) is 0 Å². The lowest BCUT2D eigenvalue weighted by Gasteiger charge is -2.23. The quantitative estimate of drug-likeness (QED) is 0.0338. The summed E-state index contributed by atoms with van der Waals surface area (Å²) in [7, 11) is -4.30. The number of carbonyl (C=O) groups excluding carboxylic acids is 1. The Hall–Kier alpha value is -0.920. The number of aliphatic hydroxyl groups is 1. The second kappa shape index (κ2) is 35.9. The summed E-state index contributed by atoms with van der Waals surface area (Å²) in [4.78, 5) is 12.5. The van der Waals surface area contributed by atoms with Crippen LogP contribution in [0.25, 0.3) is 0 Å². The van der Waals surface area contributed by atoms with Crippen LogP contribution in [0.1, 0.15) is 226 Å². The molecule has 7 heteroatoms. The first-order valence-electron chi connectivity index (χ1n) is 20.9. The van der Waals surface area contributed by atoms with Crippen molar-refractivity contribution in [1.29, 1.82) is 0 Å². The zero-order valence-electron chi connectivity index (χ0n) is 31.9. The summed E-state index contributed by atoms with van der Waals surface area (Å²) in [6.07, 6.45) is 43.2. The Morgan fingerprint density at radius 3 is 1.25 bits per heavy atom. The van der Waals surface area contributed by atoms with E-state index < -0.39 is 28.0 Å². The molecule has 6 nitrogen and oxygen atoms in total. The molecule has 0 aromatic carbocycles. The maximum atomic E-state index is 12.5. The lowest BCUT2D eigenvalue weighted by molar-refractivity contribution is -0.122. The molecule has 286 valence electrons. The fourth-order valence-corrected chi connectivity index (χ4v) is 7.33. The molecule has 2 unspecified atom stereocenters. The number of carbonyl (C=O) groups is 1. The molecular weight excluding hydrogens is 619 g/mol. The summed E-state index contributed by atoms with van der Waals surface area (Å²) >= 11 is 0. The van der Waals surface area contributed by atoms with Crippen LogP contribution >= 0.6 is 0 Å². The molecule has 48 heavy (non-hydrogen) atoms. The van der Waals surface area contributed by atoms with E-state index >= 15 is 0 Å². The third-order valence-electron chi connectivity index (χ3n) is 9.72. The van der Waals surface area contributed by atoms with Crippen LogP contribution in [0.15, 0.2) is 12.2 Å². The molecule has 0 bridgehead atoms. The summed E-state index contributed by atoms with van der Waals surface area (Å²) < 4.78 is 32.4. The third-order valence-corrected chi connectivity index (χ3v) is 10.5. The maximum absolute atomic E-state index is 12.5. The summed E-state index contributed by atoms with van der Waals surface area (Å²) in [5.41, 5.74) is 0. The highest BCUT2D eigenvalue weighted by Gasteiger charge is 2.26. The maximum Gasteiger partial charge on any atom is 0.266 e. The number of nitrogens with one attached hydrogen (secondary N) is 1. The van der Waals surface area contributed by atoms with Crippen molar-refractivity contribution in [3.05, 3.63) is 12.2 Å². The smallest absolute Gasteiger partial charge is 0.266 e. The molecule has 0 radical (unpaired) electrons. The van der Waals surface area contributed by atoms with Gasteiger partial charge in [0, 0.05) is 6.42 Å². The highest BCUT2D eigenvalue weighted by molar-refractivity contribution is 7.85. The van der Waals surface area contributed by atoms with Crippen molar-refractivity contribution >= 4 is 16.0 Å². The van der Waals surface area contributed by atoms with E-state index in [1.807, 2.05) is 0 Å². The first-order valence-corrected chi connectivity index (χ1v) is 22.5. The minimum Gasteiger partial charge on any atom is -0.391 e. The third kappa shape index (κ3) is 36.4. The van der Waals surface area contributed by atoms with E-state index in [1.165, 1.54) is 161 Å². The molecule has 0 fully saturated rings. The molecule has 0 rings (SSSR count). The van der Waals surface area contributed by atoms with Gasteiger partial charge in [-0.2, -0.15) is 8.42 Å². The average Bonchev–Trinajstić information content (AvgIpc) is 3.05. The first-order chi connectivity index (χ1) is 23.3. The minimum atomic E-state index is -4.30. The monoisotopic (exact) mass is 700 g/mol. The summed E-state index contributed by atoms with van der Waals surface area (Å²) in [6, 6.07) is -0.966. The second-order valence-corrected chi connectivity index (χ2v) is 16.1. The van der Waals surface area contributed by atoms with E-state index in [0.717, 1.165) is 38.5 Å². The number of hydrogen-bond donors (Lipinski definition) is 3. The molecule has 1 amide bonds. The van der Waals surface area contributed by atoms with Crippen molar-refractivity contribution < 1.29 is 22.9 Å². The molecular formula is C41H81NO5S. The minimum absolute atomic E-state index is 0.246. The number of amides is 1. The van der Waals surface area contributed by atoms with Gasteiger partial charge in [0.15, 0.2) is 0 Å². The predicted molar refractivity (Wildman–Crippen MR) is 207 cm³/mol. The van der Waals surface area contributed by atoms with E-state index in [4.69, 9.17) is 0 Å². The summed E-state index contributed by atoms with van der Waals surface area (Å²) in [6.45, 7) is 4.50. The van der Waals surface area contributed by atoms with Crippen molar-refractivity contribution in [2.75, 3.05) is 5.75 Å². The van der Waals surface area contributed by atoms with Gasteiger partial charge < -0.3 is 10.4 Å². The molecule has 2 atom stereocenters. The Morgan fingerprint density at radius 2 is 0.875 bits per heavy atom. The van der Waals surface area contributed by atoms with Crippen LogP contribution in [0.3, 0.4) is 0 Å². The molecule has 0 aliphatic carbocycles. The molecule has 0 aliphatic heterocycles. The van der Waals surface area contributed by atoms with E-state index in [0.29, 0.717) is 12.8 Å². The lowest BCUT2D eigenvalue weighted by atomic mass is 10.0. The Labute approximate surface area is 299 Å². The van der Waals surface area contributed by atoms with E-state index in [-0.39, 0.29) is 5.91 Å². The fourth-order valence-electron chi connectivity index (χ4n) is 6.57. The van der Waals surface area contributed by atoms with Gasteiger partial charge >= 0.3 is 0 Å². The zero-order chi connectivity index (χ0) is 35.4. The van der Waals surface area contributed by atoms with Crippen LogP contribution in [0.4, 0.5) is 0 Å². The van der Waals surface area contributed by atoms with Gasteiger partial charge in [-0.1, -0.05) is 193 Å². The van der Waals surface area contributed by atoms with Crippen molar-refractivity contribution in [3.63, 3.8) is 0 Å². The molecule has 0 aliphatic rings. The van der Waals surface area contributed by atoms with Crippen molar-refractivity contribution in [2.45, 2.75) is 238 Å². The predicted octanol–water partition coefficient (Wildman–Crippen LogP) is 12.2. The topological polar surface area (TPSA) is 104 Å². The van der Waals surface area contributed by atoms with Gasteiger partial charge in [0.25, 0.3) is 10.1 Å². The molecule has 0 spiro atoms. The van der Waals surface area contributed by atoms with Crippen LogP contribution in [-0.4, -0.2) is 41.9 Å². The van der Waals surface area contributed by atoms with E-state index in [1.54, 1.807) is 0 Å². The normalized spacial score (nSPS) is 13.3. The Morgan fingerprint density at radius 1 is 0.542 bits per heavy atom. The van der Waals surface area contributed by atoms with Crippen LogP contribution in [0, 0.1) is 0 Å². The van der Waals surface area contributed by atoms with Gasteiger partial charge in [0.2, 0.25) is 5.91 Å². The Bertz CT molecular complexity index is 816. The highest BCUT2D eigenvalue weighted by atomic mass is 32.2. The van der Waals surface area contributed by atoms with Gasteiger partial charge in [-0.05, 0) is 38.5 Å². The number of rotatable bonds is 38. The van der Waals surface area contributed by atoms with E-state index in [9.17, 15) is 22.9 Å². The molecule has 0 aromatic rings. The number of hydrogen-bond acceptors (Lipinski definition) is 4. The highest BCUT2D eigenvalue weighted by Crippen LogP contribution is 2.16. The Balaban J connectivity index is 3.74. The fraction of sp³-hybridized carbons (Fsp3) is 0.927. The van der Waals surface area contributed by atoms with Crippen molar-refractivity contribution in [2.24, 2.45) is 0 Å². The van der Waals surface area contributed by atoms with Crippen molar-refractivity contribution in [1.82, 2.24) is 5.32 Å². The van der Waals surface area contributed by atoms with Gasteiger partial charge in [-0.25, -0.2) is 0 Å². The SMILES string of the molecule is CCCCCCCCCC/C=C\CCCCCCCCCCCCCC(=O)NC(CS(=O)(=O)O)C(O)CCCCCCCCCCCC.